The first-order valence-corrected chi connectivity index (χ1v) is 8.21. The van der Waals surface area contributed by atoms with Crippen molar-refractivity contribution in [2.24, 2.45) is 11.3 Å². The summed E-state index contributed by atoms with van der Waals surface area (Å²) in [6, 6.07) is 0. The van der Waals surface area contributed by atoms with Crippen molar-refractivity contribution >= 4 is 11.6 Å². The lowest BCUT2D eigenvalue weighted by molar-refractivity contribution is 0.269. The number of nitrogens with zero attached hydrogens (tertiary/aromatic N) is 2. The molecule has 1 aromatic heterocycles. The Labute approximate surface area is 129 Å². The molecule has 0 aromatic carbocycles. The van der Waals surface area contributed by atoms with E-state index in [1.165, 1.54) is 12.8 Å². The summed E-state index contributed by atoms with van der Waals surface area (Å²) in [6.07, 6.45) is 2.46. The predicted molar refractivity (Wildman–Crippen MR) is 90.0 cm³/mol. The molecule has 1 aromatic rings. The summed E-state index contributed by atoms with van der Waals surface area (Å²) in [5.74, 6) is 4.18. The molecule has 118 valence electrons. The molecule has 0 atom stereocenters. The van der Waals surface area contributed by atoms with Gasteiger partial charge < -0.3 is 10.6 Å². The molecule has 1 saturated carbocycles. The molecular formula is C17H30N4. The minimum atomic E-state index is 0.246. The van der Waals surface area contributed by atoms with Crippen molar-refractivity contribution in [3.05, 3.63) is 11.4 Å². The number of hydrogen-bond acceptors (Lipinski definition) is 4. The molecule has 0 spiro atoms. The summed E-state index contributed by atoms with van der Waals surface area (Å²) >= 11 is 0. The molecule has 4 nitrogen and oxygen atoms in total. The predicted octanol–water partition coefficient (Wildman–Crippen LogP) is 4.19. The number of nitrogens with one attached hydrogen (secondary N) is 2. The molecule has 0 unspecified atom stereocenters. The molecule has 1 aliphatic rings. The molecule has 2 N–H and O–H groups in total. The summed E-state index contributed by atoms with van der Waals surface area (Å²) in [4.78, 5) is 9.48. The van der Waals surface area contributed by atoms with Gasteiger partial charge in [0.05, 0.1) is 0 Å². The molecule has 0 radical (unpaired) electrons. The second kappa shape index (κ2) is 6.20. The molecule has 0 bridgehead atoms. The molecule has 1 heterocycles. The Morgan fingerprint density at radius 2 is 1.71 bits per heavy atom. The Morgan fingerprint density at radius 1 is 1.14 bits per heavy atom. The van der Waals surface area contributed by atoms with E-state index in [-0.39, 0.29) is 5.41 Å². The molecule has 0 amide bonds. The summed E-state index contributed by atoms with van der Waals surface area (Å²) in [6.45, 7) is 15.2. The van der Waals surface area contributed by atoms with Gasteiger partial charge in [-0.05, 0) is 38.0 Å². The molecule has 21 heavy (non-hydrogen) atoms. The van der Waals surface area contributed by atoms with Crippen LogP contribution in [0.4, 0.5) is 11.6 Å². The van der Waals surface area contributed by atoms with Gasteiger partial charge in [0, 0.05) is 24.6 Å². The number of rotatable bonds is 7. The van der Waals surface area contributed by atoms with Gasteiger partial charge >= 0.3 is 0 Å². The third-order valence-electron chi connectivity index (χ3n) is 4.72. The topological polar surface area (TPSA) is 49.8 Å². The van der Waals surface area contributed by atoms with Crippen LogP contribution in [0.1, 0.15) is 64.8 Å². The van der Waals surface area contributed by atoms with Crippen molar-refractivity contribution in [1.82, 2.24) is 9.97 Å². The van der Waals surface area contributed by atoms with Crippen LogP contribution in [-0.4, -0.2) is 23.1 Å². The lowest BCUT2D eigenvalue weighted by Gasteiger charge is -2.30. The zero-order valence-corrected chi connectivity index (χ0v) is 14.4. The Kier molecular flexibility index (Phi) is 4.74. The van der Waals surface area contributed by atoms with Crippen molar-refractivity contribution in [3.63, 3.8) is 0 Å². The van der Waals surface area contributed by atoms with Gasteiger partial charge in [-0.1, -0.05) is 27.7 Å². The zero-order chi connectivity index (χ0) is 15.6. The van der Waals surface area contributed by atoms with Crippen LogP contribution in [0.15, 0.2) is 0 Å². The van der Waals surface area contributed by atoms with E-state index < -0.39 is 0 Å². The second-order valence-electron chi connectivity index (χ2n) is 7.21. The smallest absolute Gasteiger partial charge is 0.136 e. The maximum Gasteiger partial charge on any atom is 0.136 e. The van der Waals surface area contributed by atoms with Gasteiger partial charge in [-0.3, -0.25) is 0 Å². The number of aromatic nitrogens is 2. The van der Waals surface area contributed by atoms with Crippen molar-refractivity contribution in [2.45, 2.75) is 60.3 Å². The standard InChI is InChI=1S/C17H30N4/c1-7-18-14-12(4)15(19-10-17(5,6)11(2)3)21-16(20-14)13-8-9-13/h11,13H,7-10H2,1-6H3,(H2,18,19,20,21). The highest BCUT2D eigenvalue weighted by atomic mass is 15.1. The molecular weight excluding hydrogens is 260 g/mol. The monoisotopic (exact) mass is 290 g/mol. The molecule has 4 heteroatoms. The largest absolute Gasteiger partial charge is 0.370 e. The van der Waals surface area contributed by atoms with Crippen LogP contribution < -0.4 is 10.6 Å². The molecule has 2 rings (SSSR count). The number of anilines is 2. The minimum absolute atomic E-state index is 0.246. The van der Waals surface area contributed by atoms with Gasteiger partial charge in [0.1, 0.15) is 17.5 Å². The van der Waals surface area contributed by atoms with Crippen LogP contribution in [0, 0.1) is 18.3 Å². The molecule has 1 fully saturated rings. The fraction of sp³-hybridized carbons (Fsp3) is 0.765. The first-order valence-electron chi connectivity index (χ1n) is 8.21. The van der Waals surface area contributed by atoms with E-state index in [1.54, 1.807) is 0 Å². The maximum atomic E-state index is 4.78. The Bertz CT molecular complexity index is 490. The van der Waals surface area contributed by atoms with Gasteiger partial charge in [-0.2, -0.15) is 0 Å². The second-order valence-corrected chi connectivity index (χ2v) is 7.21. The Morgan fingerprint density at radius 3 is 2.19 bits per heavy atom. The van der Waals surface area contributed by atoms with E-state index in [0.717, 1.165) is 36.1 Å². The molecule has 1 aliphatic carbocycles. The van der Waals surface area contributed by atoms with Crippen molar-refractivity contribution < 1.29 is 0 Å². The van der Waals surface area contributed by atoms with Crippen LogP contribution in [-0.2, 0) is 0 Å². The van der Waals surface area contributed by atoms with Crippen molar-refractivity contribution in [3.8, 4) is 0 Å². The van der Waals surface area contributed by atoms with Crippen molar-refractivity contribution in [1.29, 1.82) is 0 Å². The van der Waals surface area contributed by atoms with Crippen molar-refractivity contribution in [2.75, 3.05) is 23.7 Å². The Hall–Kier alpha value is -1.32. The van der Waals surface area contributed by atoms with Crippen LogP contribution >= 0.6 is 0 Å². The SMILES string of the molecule is CCNc1nc(C2CC2)nc(NCC(C)(C)C(C)C)c1C. The van der Waals surface area contributed by atoms with Crippen LogP contribution in [0.3, 0.4) is 0 Å². The lowest BCUT2D eigenvalue weighted by Crippen LogP contribution is -2.29. The fourth-order valence-corrected chi connectivity index (χ4v) is 2.09. The van der Waals surface area contributed by atoms with Crippen LogP contribution in [0.2, 0.25) is 0 Å². The van der Waals surface area contributed by atoms with E-state index in [1.807, 2.05) is 0 Å². The van der Waals surface area contributed by atoms with E-state index in [0.29, 0.717) is 11.8 Å². The summed E-state index contributed by atoms with van der Waals surface area (Å²) in [7, 11) is 0. The summed E-state index contributed by atoms with van der Waals surface area (Å²) in [5, 5.41) is 6.93. The minimum Gasteiger partial charge on any atom is -0.370 e. The first-order chi connectivity index (χ1) is 9.85. The van der Waals surface area contributed by atoms with Gasteiger partial charge in [-0.15, -0.1) is 0 Å². The average molecular weight is 290 g/mol. The van der Waals surface area contributed by atoms with E-state index >= 15 is 0 Å². The highest BCUT2D eigenvalue weighted by Crippen LogP contribution is 2.39. The summed E-state index contributed by atoms with van der Waals surface area (Å²) < 4.78 is 0. The fourth-order valence-electron chi connectivity index (χ4n) is 2.09. The number of hydrogen-bond donors (Lipinski definition) is 2. The first kappa shape index (κ1) is 16.1. The van der Waals surface area contributed by atoms with Gasteiger partial charge in [0.25, 0.3) is 0 Å². The van der Waals surface area contributed by atoms with Crippen LogP contribution in [0.5, 0.6) is 0 Å². The summed E-state index contributed by atoms with van der Waals surface area (Å²) in [5.41, 5.74) is 1.37. The van der Waals surface area contributed by atoms with Crippen LogP contribution in [0.25, 0.3) is 0 Å². The van der Waals surface area contributed by atoms with E-state index in [4.69, 9.17) is 9.97 Å². The molecule has 0 saturated heterocycles. The zero-order valence-electron chi connectivity index (χ0n) is 14.4. The van der Waals surface area contributed by atoms with Gasteiger partial charge in [0.15, 0.2) is 0 Å². The lowest BCUT2D eigenvalue weighted by atomic mass is 9.81. The highest BCUT2D eigenvalue weighted by molar-refractivity contribution is 5.57. The van der Waals surface area contributed by atoms with Gasteiger partial charge in [-0.25, -0.2) is 9.97 Å². The Balaban J connectivity index is 2.21. The highest BCUT2D eigenvalue weighted by Gasteiger charge is 2.29. The third-order valence-corrected chi connectivity index (χ3v) is 4.72. The third kappa shape index (κ3) is 3.86. The maximum absolute atomic E-state index is 4.78. The average Bonchev–Trinajstić information content (AvgIpc) is 3.24. The van der Waals surface area contributed by atoms with E-state index in [9.17, 15) is 0 Å². The normalized spacial score (nSPS) is 15.4. The van der Waals surface area contributed by atoms with E-state index in [2.05, 4.69) is 52.2 Å². The van der Waals surface area contributed by atoms with Gasteiger partial charge in [0.2, 0.25) is 0 Å². The quantitative estimate of drug-likeness (QED) is 0.790. The molecule has 0 aliphatic heterocycles.